The highest BCUT2D eigenvalue weighted by atomic mass is 32.1. The van der Waals surface area contributed by atoms with Crippen LogP contribution in [0.25, 0.3) is 0 Å². The molecule has 0 spiro atoms. The van der Waals surface area contributed by atoms with Crippen molar-refractivity contribution in [2.24, 2.45) is 5.92 Å². The van der Waals surface area contributed by atoms with Gasteiger partial charge in [0.2, 0.25) is 0 Å². The first-order valence-corrected chi connectivity index (χ1v) is 9.10. The highest BCUT2D eigenvalue weighted by Crippen LogP contribution is 2.28. The lowest BCUT2D eigenvalue weighted by Gasteiger charge is -2.31. The number of Topliss-reactive ketones (excluding diaryl/α,β-unsaturated/α-hetero) is 1. The summed E-state index contributed by atoms with van der Waals surface area (Å²) in [5.74, 6) is 0.570. The van der Waals surface area contributed by atoms with Gasteiger partial charge < -0.3 is 9.64 Å². The summed E-state index contributed by atoms with van der Waals surface area (Å²) in [6, 6.07) is 3.75. The number of hydrogen-bond acceptors (Lipinski definition) is 6. The molecular formula is C18H21N3O3S. The number of aryl methyl sites for hydroxylation is 2. The molecule has 0 aliphatic carbocycles. The van der Waals surface area contributed by atoms with Crippen LogP contribution in [0.3, 0.4) is 0 Å². The van der Waals surface area contributed by atoms with Crippen LogP contribution in [-0.2, 0) is 0 Å². The number of ether oxygens (including phenoxy) is 1. The molecule has 25 heavy (non-hydrogen) atoms. The van der Waals surface area contributed by atoms with Crippen molar-refractivity contribution in [3.8, 4) is 5.75 Å². The molecule has 7 heteroatoms. The second kappa shape index (κ2) is 7.31. The third kappa shape index (κ3) is 3.56. The van der Waals surface area contributed by atoms with Crippen LogP contribution in [0.15, 0.2) is 17.5 Å². The smallest absolute Gasteiger partial charge is 0.275 e. The Kier molecular flexibility index (Phi) is 5.13. The highest BCUT2D eigenvalue weighted by molar-refractivity contribution is 7.03. The van der Waals surface area contributed by atoms with Crippen molar-refractivity contribution in [2.75, 3.05) is 20.2 Å². The number of aromatic nitrogens is 2. The zero-order chi connectivity index (χ0) is 18.0. The number of carbonyl (C=O) groups is 2. The van der Waals surface area contributed by atoms with Gasteiger partial charge in [0.1, 0.15) is 5.75 Å². The predicted molar refractivity (Wildman–Crippen MR) is 95.3 cm³/mol. The Morgan fingerprint density at radius 2 is 2.00 bits per heavy atom. The predicted octanol–water partition coefficient (Wildman–Crippen LogP) is 2.90. The van der Waals surface area contributed by atoms with Crippen LogP contribution in [-0.4, -0.2) is 46.4 Å². The van der Waals surface area contributed by atoms with E-state index in [1.165, 1.54) is 0 Å². The Morgan fingerprint density at radius 1 is 1.28 bits per heavy atom. The van der Waals surface area contributed by atoms with E-state index in [4.69, 9.17) is 4.74 Å². The Balaban J connectivity index is 1.77. The standard InChI is InChI=1S/C18H21N3O3S/c1-11-7-14(8-12(2)17(11)24-3)16(22)13-5-4-6-21(9-13)18(23)15-10-25-20-19-15/h7-8,10,13H,4-6,9H2,1-3H3/t13-/m0/s1. The van der Waals surface area contributed by atoms with Crippen LogP contribution in [0.2, 0.25) is 0 Å². The second-order valence-corrected chi connectivity index (χ2v) is 7.00. The quantitative estimate of drug-likeness (QED) is 0.785. The molecule has 6 nitrogen and oxygen atoms in total. The van der Waals surface area contributed by atoms with Gasteiger partial charge in [0.25, 0.3) is 5.91 Å². The molecular weight excluding hydrogens is 338 g/mol. The van der Waals surface area contributed by atoms with Gasteiger partial charge in [0.05, 0.1) is 7.11 Å². The summed E-state index contributed by atoms with van der Waals surface area (Å²) >= 11 is 1.16. The zero-order valence-electron chi connectivity index (χ0n) is 14.6. The van der Waals surface area contributed by atoms with Crippen molar-refractivity contribution in [1.82, 2.24) is 14.5 Å². The number of carbonyl (C=O) groups excluding carboxylic acids is 2. The van der Waals surface area contributed by atoms with Gasteiger partial charge in [-0.25, -0.2) is 0 Å². The molecule has 132 valence electrons. The largest absolute Gasteiger partial charge is 0.496 e. The van der Waals surface area contributed by atoms with Gasteiger partial charge in [0.15, 0.2) is 11.5 Å². The number of likely N-dealkylation sites (tertiary alicyclic amines) is 1. The summed E-state index contributed by atoms with van der Waals surface area (Å²) in [5, 5.41) is 5.48. The first-order valence-electron chi connectivity index (χ1n) is 8.27. The topological polar surface area (TPSA) is 72.4 Å². The van der Waals surface area contributed by atoms with Gasteiger partial charge in [-0.3, -0.25) is 9.59 Å². The molecule has 1 saturated heterocycles. The van der Waals surface area contributed by atoms with Gasteiger partial charge in [-0.1, -0.05) is 4.49 Å². The molecule has 2 aromatic rings. The molecule has 1 aliphatic rings. The van der Waals surface area contributed by atoms with Crippen molar-refractivity contribution >= 4 is 23.2 Å². The molecule has 1 amide bonds. The number of amides is 1. The monoisotopic (exact) mass is 359 g/mol. The molecule has 0 bridgehead atoms. The minimum absolute atomic E-state index is 0.0859. The molecule has 1 atom stereocenters. The van der Waals surface area contributed by atoms with Crippen LogP contribution in [0.5, 0.6) is 5.75 Å². The molecule has 0 N–H and O–H groups in total. The summed E-state index contributed by atoms with van der Waals surface area (Å²) in [5.41, 5.74) is 2.94. The number of methoxy groups -OCH3 is 1. The van der Waals surface area contributed by atoms with E-state index in [-0.39, 0.29) is 17.6 Å². The molecule has 1 fully saturated rings. The SMILES string of the molecule is COc1c(C)cc(C(=O)[C@H]2CCCN(C(=O)c3csnn3)C2)cc1C. The van der Waals surface area contributed by atoms with Crippen LogP contribution in [0.4, 0.5) is 0 Å². The minimum Gasteiger partial charge on any atom is -0.496 e. The lowest BCUT2D eigenvalue weighted by Crippen LogP contribution is -2.42. The van der Waals surface area contributed by atoms with E-state index in [9.17, 15) is 9.59 Å². The fourth-order valence-electron chi connectivity index (χ4n) is 3.45. The average Bonchev–Trinajstić information content (AvgIpc) is 3.15. The summed E-state index contributed by atoms with van der Waals surface area (Å²) in [4.78, 5) is 27.1. The lowest BCUT2D eigenvalue weighted by atomic mass is 9.88. The normalized spacial score (nSPS) is 17.4. The Morgan fingerprint density at radius 3 is 2.60 bits per heavy atom. The van der Waals surface area contributed by atoms with Crippen LogP contribution in [0.1, 0.15) is 44.8 Å². The number of nitrogens with zero attached hydrogens (tertiary/aromatic N) is 3. The molecule has 1 aromatic heterocycles. The summed E-state index contributed by atoms with van der Waals surface area (Å²) in [7, 11) is 1.63. The van der Waals surface area contributed by atoms with Gasteiger partial charge in [-0.05, 0) is 61.5 Å². The maximum Gasteiger partial charge on any atom is 0.275 e. The first-order chi connectivity index (χ1) is 12.0. The molecule has 1 aliphatic heterocycles. The second-order valence-electron chi connectivity index (χ2n) is 6.39. The van der Waals surface area contributed by atoms with Crippen LogP contribution < -0.4 is 4.74 Å². The van der Waals surface area contributed by atoms with Gasteiger partial charge in [-0.15, -0.1) is 5.10 Å². The Bertz CT molecular complexity index is 766. The lowest BCUT2D eigenvalue weighted by molar-refractivity contribution is 0.0632. The van der Waals surface area contributed by atoms with Gasteiger partial charge >= 0.3 is 0 Å². The number of hydrogen-bond donors (Lipinski definition) is 0. The fraction of sp³-hybridized carbons (Fsp3) is 0.444. The van der Waals surface area contributed by atoms with Crippen LogP contribution in [0, 0.1) is 19.8 Å². The number of rotatable bonds is 4. The molecule has 0 radical (unpaired) electrons. The average molecular weight is 359 g/mol. The van der Waals surface area contributed by atoms with Crippen molar-refractivity contribution in [3.63, 3.8) is 0 Å². The van der Waals surface area contributed by atoms with Crippen molar-refractivity contribution < 1.29 is 14.3 Å². The third-order valence-electron chi connectivity index (χ3n) is 4.61. The Hall–Kier alpha value is -2.28. The van der Waals surface area contributed by atoms with Crippen molar-refractivity contribution in [3.05, 3.63) is 39.9 Å². The maximum absolute atomic E-state index is 13.0. The van der Waals surface area contributed by atoms with Crippen LogP contribution >= 0.6 is 11.5 Å². The molecule has 1 aromatic carbocycles. The van der Waals surface area contributed by atoms with E-state index in [0.29, 0.717) is 24.3 Å². The molecule has 3 rings (SSSR count). The number of ketones is 1. The van der Waals surface area contributed by atoms with Gasteiger partial charge in [0, 0.05) is 30.0 Å². The van der Waals surface area contributed by atoms with E-state index in [2.05, 4.69) is 9.59 Å². The minimum atomic E-state index is -0.184. The summed E-state index contributed by atoms with van der Waals surface area (Å²) in [6.45, 7) is 4.96. The van der Waals surface area contributed by atoms with E-state index >= 15 is 0 Å². The van der Waals surface area contributed by atoms with E-state index in [0.717, 1.165) is 41.3 Å². The summed E-state index contributed by atoms with van der Waals surface area (Å²) in [6.07, 6.45) is 1.61. The van der Waals surface area contributed by atoms with Gasteiger partial charge in [-0.2, -0.15) is 0 Å². The number of benzene rings is 1. The fourth-order valence-corrected chi connectivity index (χ4v) is 3.88. The van der Waals surface area contributed by atoms with Crippen molar-refractivity contribution in [2.45, 2.75) is 26.7 Å². The molecule has 2 heterocycles. The number of piperidine rings is 1. The van der Waals surface area contributed by atoms with E-state index in [1.807, 2.05) is 26.0 Å². The maximum atomic E-state index is 13.0. The zero-order valence-corrected chi connectivity index (χ0v) is 15.4. The third-order valence-corrected chi connectivity index (χ3v) is 5.11. The summed E-state index contributed by atoms with van der Waals surface area (Å²) < 4.78 is 9.11. The van der Waals surface area contributed by atoms with Crippen molar-refractivity contribution in [1.29, 1.82) is 0 Å². The molecule has 0 unspecified atom stereocenters. The molecule has 0 saturated carbocycles. The first kappa shape index (κ1) is 17.5. The Labute approximate surface area is 151 Å². The van der Waals surface area contributed by atoms with E-state index < -0.39 is 0 Å². The highest BCUT2D eigenvalue weighted by Gasteiger charge is 2.30. The van der Waals surface area contributed by atoms with E-state index in [1.54, 1.807) is 17.4 Å².